The molecule has 0 aliphatic rings. The molecule has 0 amide bonds. The van der Waals surface area contributed by atoms with Gasteiger partial charge in [0.05, 0.1) is 12.6 Å². The van der Waals surface area contributed by atoms with Crippen molar-refractivity contribution < 1.29 is 14.6 Å². The summed E-state index contributed by atoms with van der Waals surface area (Å²) in [6, 6.07) is 24.9. The molecule has 3 aromatic carbocycles. The van der Waals surface area contributed by atoms with Gasteiger partial charge in [0, 0.05) is 5.56 Å². The number of para-hydroxylation sites is 1. The van der Waals surface area contributed by atoms with E-state index >= 15 is 0 Å². The Labute approximate surface area is 153 Å². The van der Waals surface area contributed by atoms with Crippen molar-refractivity contribution in [2.24, 2.45) is 5.73 Å². The van der Waals surface area contributed by atoms with E-state index in [1.54, 1.807) is 0 Å². The summed E-state index contributed by atoms with van der Waals surface area (Å²) < 4.78 is 12.0. The van der Waals surface area contributed by atoms with E-state index < -0.39 is 6.04 Å². The first kappa shape index (κ1) is 18.0. The predicted molar refractivity (Wildman–Crippen MR) is 102 cm³/mol. The minimum absolute atomic E-state index is 0.163. The standard InChI is InChI=1S/C22H23NO3/c23-20(14-24)19-12-7-13-21(25-15-17-8-3-1-4-9-17)22(19)26-16-18-10-5-2-6-11-18/h1-13,20,24H,14-16,23H2. The molecule has 26 heavy (non-hydrogen) atoms. The van der Waals surface area contributed by atoms with Crippen LogP contribution < -0.4 is 15.2 Å². The van der Waals surface area contributed by atoms with E-state index in [1.165, 1.54) is 0 Å². The third-order valence-corrected chi connectivity index (χ3v) is 4.07. The quantitative estimate of drug-likeness (QED) is 0.648. The molecule has 134 valence electrons. The third-order valence-electron chi connectivity index (χ3n) is 4.07. The van der Waals surface area contributed by atoms with E-state index in [1.807, 2.05) is 78.9 Å². The van der Waals surface area contributed by atoms with Gasteiger partial charge in [-0.3, -0.25) is 0 Å². The summed E-state index contributed by atoms with van der Waals surface area (Å²) in [6.45, 7) is 0.669. The fraction of sp³-hybridized carbons (Fsp3) is 0.182. The highest BCUT2D eigenvalue weighted by atomic mass is 16.5. The van der Waals surface area contributed by atoms with Crippen LogP contribution in [0.4, 0.5) is 0 Å². The van der Waals surface area contributed by atoms with E-state index in [0.29, 0.717) is 24.7 Å². The zero-order valence-corrected chi connectivity index (χ0v) is 14.5. The Morgan fingerprint density at radius 2 is 1.31 bits per heavy atom. The monoisotopic (exact) mass is 349 g/mol. The molecule has 0 spiro atoms. The molecule has 0 radical (unpaired) electrons. The van der Waals surface area contributed by atoms with Crippen LogP contribution in [0.1, 0.15) is 22.7 Å². The van der Waals surface area contributed by atoms with Crippen molar-refractivity contribution in [1.82, 2.24) is 0 Å². The Bertz CT molecular complexity index is 806. The molecule has 3 N–H and O–H groups in total. The molecule has 0 saturated heterocycles. The van der Waals surface area contributed by atoms with Gasteiger partial charge in [-0.1, -0.05) is 72.8 Å². The third kappa shape index (κ3) is 4.63. The van der Waals surface area contributed by atoms with Crippen LogP contribution in [0.25, 0.3) is 0 Å². The number of aliphatic hydroxyl groups is 1. The zero-order valence-electron chi connectivity index (χ0n) is 14.5. The summed E-state index contributed by atoms with van der Waals surface area (Å²) in [5, 5.41) is 9.48. The maximum absolute atomic E-state index is 9.48. The Kier molecular flexibility index (Phi) is 6.25. The van der Waals surface area contributed by atoms with Gasteiger partial charge in [-0.25, -0.2) is 0 Å². The molecule has 3 rings (SSSR count). The van der Waals surface area contributed by atoms with Gasteiger partial charge in [0.2, 0.25) is 0 Å². The van der Waals surface area contributed by atoms with Crippen molar-refractivity contribution in [2.75, 3.05) is 6.61 Å². The van der Waals surface area contributed by atoms with E-state index in [4.69, 9.17) is 15.2 Å². The molecule has 3 aromatic rings. The summed E-state index contributed by atoms with van der Waals surface area (Å²) in [6.07, 6.45) is 0. The summed E-state index contributed by atoms with van der Waals surface area (Å²) in [5.41, 5.74) is 8.90. The lowest BCUT2D eigenvalue weighted by atomic mass is 10.1. The molecular weight excluding hydrogens is 326 g/mol. The van der Waals surface area contributed by atoms with Crippen molar-refractivity contribution in [3.05, 3.63) is 95.6 Å². The number of benzene rings is 3. The normalized spacial score (nSPS) is 11.8. The first-order valence-electron chi connectivity index (χ1n) is 8.60. The Morgan fingerprint density at radius 1 is 0.731 bits per heavy atom. The van der Waals surface area contributed by atoms with E-state index in [-0.39, 0.29) is 6.61 Å². The van der Waals surface area contributed by atoms with Crippen molar-refractivity contribution in [1.29, 1.82) is 0 Å². The van der Waals surface area contributed by atoms with Crippen LogP contribution in [0, 0.1) is 0 Å². The van der Waals surface area contributed by atoms with Gasteiger partial charge < -0.3 is 20.3 Å². The van der Waals surface area contributed by atoms with Crippen molar-refractivity contribution in [3.63, 3.8) is 0 Å². The molecule has 0 aliphatic carbocycles. The van der Waals surface area contributed by atoms with Gasteiger partial charge in [0.25, 0.3) is 0 Å². The first-order valence-corrected chi connectivity index (χ1v) is 8.60. The van der Waals surface area contributed by atoms with Gasteiger partial charge in [-0.2, -0.15) is 0 Å². The number of ether oxygens (including phenoxy) is 2. The number of rotatable bonds is 8. The first-order chi connectivity index (χ1) is 12.8. The molecule has 0 saturated carbocycles. The highest BCUT2D eigenvalue weighted by Crippen LogP contribution is 2.35. The maximum atomic E-state index is 9.48. The van der Waals surface area contributed by atoms with Crippen LogP contribution in [0.5, 0.6) is 11.5 Å². The molecule has 0 bridgehead atoms. The van der Waals surface area contributed by atoms with Gasteiger partial charge in [-0.15, -0.1) is 0 Å². The second kappa shape index (κ2) is 9.04. The minimum atomic E-state index is -0.527. The van der Waals surface area contributed by atoms with Gasteiger partial charge >= 0.3 is 0 Å². The molecule has 4 heteroatoms. The zero-order chi connectivity index (χ0) is 18.2. The summed E-state index contributed by atoms with van der Waals surface area (Å²) in [5.74, 6) is 1.19. The highest BCUT2D eigenvalue weighted by Gasteiger charge is 2.17. The fourth-order valence-corrected chi connectivity index (χ4v) is 2.66. The molecule has 0 aliphatic heterocycles. The fourth-order valence-electron chi connectivity index (χ4n) is 2.66. The maximum Gasteiger partial charge on any atom is 0.166 e. The molecule has 0 fully saturated rings. The minimum Gasteiger partial charge on any atom is -0.485 e. The second-order valence-electron chi connectivity index (χ2n) is 6.01. The number of hydrogen-bond acceptors (Lipinski definition) is 4. The summed E-state index contributed by atoms with van der Waals surface area (Å²) in [7, 11) is 0. The number of nitrogens with two attached hydrogens (primary N) is 1. The van der Waals surface area contributed by atoms with Crippen LogP contribution >= 0.6 is 0 Å². The van der Waals surface area contributed by atoms with Gasteiger partial charge in [0.15, 0.2) is 11.5 Å². The Hall–Kier alpha value is -2.82. The molecule has 1 atom stereocenters. The average Bonchev–Trinajstić information content (AvgIpc) is 2.71. The van der Waals surface area contributed by atoms with Crippen molar-refractivity contribution >= 4 is 0 Å². The van der Waals surface area contributed by atoms with Crippen molar-refractivity contribution in [3.8, 4) is 11.5 Å². The van der Waals surface area contributed by atoms with E-state index in [9.17, 15) is 5.11 Å². The van der Waals surface area contributed by atoms with Gasteiger partial charge in [0.1, 0.15) is 13.2 Å². The highest BCUT2D eigenvalue weighted by molar-refractivity contribution is 5.48. The molecule has 1 unspecified atom stereocenters. The Morgan fingerprint density at radius 3 is 1.88 bits per heavy atom. The molecule has 4 nitrogen and oxygen atoms in total. The number of hydrogen-bond donors (Lipinski definition) is 2. The SMILES string of the molecule is NC(CO)c1cccc(OCc2ccccc2)c1OCc1ccccc1. The lowest BCUT2D eigenvalue weighted by molar-refractivity contribution is 0.240. The van der Waals surface area contributed by atoms with Gasteiger partial charge in [-0.05, 0) is 17.2 Å². The smallest absolute Gasteiger partial charge is 0.166 e. The van der Waals surface area contributed by atoms with Crippen molar-refractivity contribution in [2.45, 2.75) is 19.3 Å². The van der Waals surface area contributed by atoms with E-state index in [2.05, 4.69) is 0 Å². The molecular formula is C22H23NO3. The summed E-state index contributed by atoms with van der Waals surface area (Å²) in [4.78, 5) is 0. The van der Waals surface area contributed by atoms with Crippen LogP contribution in [0.2, 0.25) is 0 Å². The topological polar surface area (TPSA) is 64.7 Å². The predicted octanol–water partition coefficient (Wildman–Crippen LogP) is 3.84. The molecule has 0 heterocycles. The van der Waals surface area contributed by atoms with Crippen LogP contribution in [0.3, 0.4) is 0 Å². The van der Waals surface area contributed by atoms with Crippen LogP contribution in [-0.2, 0) is 13.2 Å². The van der Waals surface area contributed by atoms with E-state index in [0.717, 1.165) is 16.7 Å². The second-order valence-corrected chi connectivity index (χ2v) is 6.01. The molecule has 0 aromatic heterocycles. The van der Waals surface area contributed by atoms with Crippen LogP contribution in [0.15, 0.2) is 78.9 Å². The Balaban J connectivity index is 1.82. The van der Waals surface area contributed by atoms with Crippen LogP contribution in [-0.4, -0.2) is 11.7 Å². The number of aliphatic hydroxyl groups excluding tert-OH is 1. The summed E-state index contributed by atoms with van der Waals surface area (Å²) >= 11 is 0. The lowest BCUT2D eigenvalue weighted by Gasteiger charge is -2.19. The average molecular weight is 349 g/mol. The largest absolute Gasteiger partial charge is 0.485 e. The lowest BCUT2D eigenvalue weighted by Crippen LogP contribution is -2.16.